The average Bonchev–Trinajstić information content (AvgIpc) is 3.33. The zero-order chi connectivity index (χ0) is 18.4. The second-order valence-corrected chi connectivity index (χ2v) is 7.87. The van der Waals surface area contributed by atoms with Crippen LogP contribution in [0, 0.1) is 0 Å². The molecule has 1 aromatic heterocycles. The first-order valence-corrected chi connectivity index (χ1v) is 10.0. The summed E-state index contributed by atoms with van der Waals surface area (Å²) >= 11 is 0. The Kier molecular flexibility index (Phi) is 6.08. The Balaban J connectivity index is 1.58. The van der Waals surface area contributed by atoms with Gasteiger partial charge in [0.15, 0.2) is 0 Å². The normalized spacial score (nSPS) is 17.3. The second-order valence-electron chi connectivity index (χ2n) is 6.10. The van der Waals surface area contributed by atoms with E-state index in [2.05, 4.69) is 10.0 Å². The van der Waals surface area contributed by atoms with Gasteiger partial charge in [-0.3, -0.25) is 4.79 Å². The van der Waals surface area contributed by atoms with Crippen LogP contribution in [0.25, 0.3) is 0 Å². The van der Waals surface area contributed by atoms with Crippen molar-refractivity contribution in [1.82, 2.24) is 10.0 Å². The maximum atomic E-state index is 12.4. The molecular weight excluding hydrogens is 356 g/mol. The van der Waals surface area contributed by atoms with Crippen LogP contribution in [0.1, 0.15) is 29.0 Å². The minimum absolute atomic E-state index is 0.0362. The van der Waals surface area contributed by atoms with Gasteiger partial charge in [0.05, 0.1) is 17.3 Å². The topological polar surface area (TPSA) is 97.6 Å². The predicted octanol–water partition coefficient (Wildman–Crippen LogP) is 1.71. The molecule has 1 saturated heterocycles. The molecule has 3 rings (SSSR count). The first-order chi connectivity index (χ1) is 12.5. The zero-order valence-corrected chi connectivity index (χ0v) is 15.1. The molecule has 0 bridgehead atoms. The van der Waals surface area contributed by atoms with E-state index in [0.717, 1.165) is 19.4 Å². The van der Waals surface area contributed by atoms with Gasteiger partial charge in [0, 0.05) is 31.7 Å². The van der Waals surface area contributed by atoms with E-state index in [1.54, 1.807) is 30.5 Å². The van der Waals surface area contributed by atoms with Crippen LogP contribution >= 0.6 is 0 Å². The van der Waals surface area contributed by atoms with Crippen molar-refractivity contribution < 1.29 is 22.4 Å². The number of ether oxygens (including phenoxy) is 1. The van der Waals surface area contributed by atoms with E-state index in [9.17, 15) is 13.2 Å². The quantitative estimate of drug-likeness (QED) is 0.729. The lowest BCUT2D eigenvalue weighted by Gasteiger charge is -2.11. The van der Waals surface area contributed by atoms with Crippen LogP contribution in [0.5, 0.6) is 0 Å². The number of carbonyl (C=O) groups is 1. The third kappa shape index (κ3) is 4.94. The van der Waals surface area contributed by atoms with Crippen molar-refractivity contribution in [2.24, 2.45) is 0 Å². The minimum Gasteiger partial charge on any atom is -0.469 e. The summed E-state index contributed by atoms with van der Waals surface area (Å²) < 4.78 is 38.0. The van der Waals surface area contributed by atoms with Gasteiger partial charge in [-0.1, -0.05) is 6.07 Å². The monoisotopic (exact) mass is 378 g/mol. The largest absolute Gasteiger partial charge is 0.469 e. The number of amides is 1. The fraction of sp³-hybridized carbons (Fsp3) is 0.389. The Bertz CT molecular complexity index is 827. The molecule has 1 aliphatic rings. The maximum absolute atomic E-state index is 12.4. The molecule has 2 aromatic rings. The lowest BCUT2D eigenvalue weighted by Crippen LogP contribution is -2.32. The Labute approximate surface area is 152 Å². The highest BCUT2D eigenvalue weighted by Crippen LogP contribution is 2.13. The highest BCUT2D eigenvalue weighted by molar-refractivity contribution is 7.89. The van der Waals surface area contributed by atoms with Gasteiger partial charge < -0.3 is 14.5 Å². The number of nitrogens with one attached hydrogen (secondary N) is 2. The van der Waals surface area contributed by atoms with Crippen molar-refractivity contribution in [2.45, 2.75) is 30.3 Å². The summed E-state index contributed by atoms with van der Waals surface area (Å²) in [5.74, 6) is 0.392. The SMILES string of the molecule is O=C(NCC1CCCO1)c1cccc(S(=O)(=O)NCCc2ccco2)c1. The number of furan rings is 1. The van der Waals surface area contributed by atoms with Crippen molar-refractivity contribution >= 4 is 15.9 Å². The number of hydrogen-bond acceptors (Lipinski definition) is 5. The zero-order valence-electron chi connectivity index (χ0n) is 14.3. The van der Waals surface area contributed by atoms with Crippen LogP contribution in [0.3, 0.4) is 0 Å². The first kappa shape index (κ1) is 18.6. The molecule has 140 valence electrons. The number of sulfonamides is 1. The lowest BCUT2D eigenvalue weighted by molar-refractivity contribution is 0.0857. The minimum atomic E-state index is -3.70. The lowest BCUT2D eigenvalue weighted by atomic mass is 10.2. The molecule has 0 radical (unpaired) electrons. The number of rotatable bonds is 8. The molecule has 1 unspecified atom stereocenters. The summed E-state index contributed by atoms with van der Waals surface area (Å²) in [5, 5.41) is 2.79. The third-order valence-electron chi connectivity index (χ3n) is 4.16. The van der Waals surface area contributed by atoms with Gasteiger partial charge in [0.1, 0.15) is 5.76 Å². The Hall–Kier alpha value is -2.16. The summed E-state index contributed by atoms with van der Waals surface area (Å²) in [7, 11) is -3.70. The van der Waals surface area contributed by atoms with E-state index in [1.165, 1.54) is 12.1 Å². The molecule has 1 amide bonds. The molecule has 1 aliphatic heterocycles. The smallest absolute Gasteiger partial charge is 0.251 e. The molecule has 0 spiro atoms. The molecule has 1 aromatic carbocycles. The van der Waals surface area contributed by atoms with Crippen molar-refractivity contribution in [3.8, 4) is 0 Å². The molecule has 0 aliphatic carbocycles. The highest BCUT2D eigenvalue weighted by Gasteiger charge is 2.19. The molecule has 26 heavy (non-hydrogen) atoms. The van der Waals surface area contributed by atoms with Gasteiger partial charge in [-0.05, 0) is 43.2 Å². The van der Waals surface area contributed by atoms with Crippen molar-refractivity contribution in [2.75, 3.05) is 19.7 Å². The molecule has 1 atom stereocenters. The summed E-state index contributed by atoms with van der Waals surface area (Å²) in [6.45, 7) is 1.36. The van der Waals surface area contributed by atoms with Crippen LogP contribution < -0.4 is 10.0 Å². The molecule has 2 N–H and O–H groups in total. The van der Waals surface area contributed by atoms with E-state index in [0.29, 0.717) is 24.3 Å². The summed E-state index contributed by atoms with van der Waals surface area (Å²) in [6.07, 6.45) is 3.96. The Morgan fingerprint density at radius 1 is 1.23 bits per heavy atom. The fourth-order valence-electron chi connectivity index (χ4n) is 2.77. The summed E-state index contributed by atoms with van der Waals surface area (Å²) in [6, 6.07) is 9.52. The first-order valence-electron chi connectivity index (χ1n) is 8.56. The van der Waals surface area contributed by atoms with Crippen LogP contribution in [0.2, 0.25) is 0 Å². The Morgan fingerprint density at radius 3 is 2.85 bits per heavy atom. The average molecular weight is 378 g/mol. The van der Waals surface area contributed by atoms with E-state index >= 15 is 0 Å². The third-order valence-corrected chi connectivity index (χ3v) is 5.62. The number of benzene rings is 1. The van der Waals surface area contributed by atoms with Gasteiger partial charge in [-0.15, -0.1) is 0 Å². The van der Waals surface area contributed by atoms with Gasteiger partial charge in [0.2, 0.25) is 10.0 Å². The number of hydrogen-bond donors (Lipinski definition) is 2. The molecule has 8 heteroatoms. The molecule has 2 heterocycles. The fourth-order valence-corrected chi connectivity index (χ4v) is 3.84. The van der Waals surface area contributed by atoms with Crippen LogP contribution in [0.4, 0.5) is 0 Å². The number of carbonyl (C=O) groups excluding carboxylic acids is 1. The molecule has 7 nitrogen and oxygen atoms in total. The standard InChI is InChI=1S/C18H22N2O5S/c21-18(19-13-16-6-3-11-25-16)14-4-1-7-17(12-14)26(22,23)20-9-8-15-5-2-10-24-15/h1-2,4-5,7,10,12,16,20H,3,6,8-9,11,13H2,(H,19,21). The van der Waals surface area contributed by atoms with Gasteiger partial charge in [-0.25, -0.2) is 13.1 Å². The highest BCUT2D eigenvalue weighted by atomic mass is 32.2. The van der Waals surface area contributed by atoms with Crippen LogP contribution in [0.15, 0.2) is 52.0 Å². The molecule has 0 saturated carbocycles. The molecule has 1 fully saturated rings. The molecular formula is C18H22N2O5S. The van der Waals surface area contributed by atoms with E-state index < -0.39 is 10.0 Å². The van der Waals surface area contributed by atoms with Crippen molar-refractivity contribution in [3.63, 3.8) is 0 Å². The summed E-state index contributed by atoms with van der Waals surface area (Å²) in [4.78, 5) is 12.3. The van der Waals surface area contributed by atoms with Crippen LogP contribution in [-0.4, -0.2) is 40.1 Å². The maximum Gasteiger partial charge on any atom is 0.251 e. The van der Waals surface area contributed by atoms with Gasteiger partial charge in [-0.2, -0.15) is 0 Å². The van der Waals surface area contributed by atoms with Gasteiger partial charge in [0.25, 0.3) is 5.91 Å². The van der Waals surface area contributed by atoms with Crippen molar-refractivity contribution in [1.29, 1.82) is 0 Å². The van der Waals surface area contributed by atoms with E-state index in [-0.39, 0.29) is 23.5 Å². The second kappa shape index (κ2) is 8.48. The van der Waals surface area contributed by atoms with E-state index in [4.69, 9.17) is 9.15 Å². The van der Waals surface area contributed by atoms with Crippen LogP contribution in [-0.2, 0) is 21.2 Å². The van der Waals surface area contributed by atoms with Crippen molar-refractivity contribution in [3.05, 3.63) is 54.0 Å². The Morgan fingerprint density at radius 2 is 2.12 bits per heavy atom. The van der Waals surface area contributed by atoms with E-state index in [1.807, 2.05) is 0 Å². The predicted molar refractivity (Wildman–Crippen MR) is 95.3 cm³/mol. The summed E-state index contributed by atoms with van der Waals surface area (Å²) in [5.41, 5.74) is 0.303. The van der Waals surface area contributed by atoms with Gasteiger partial charge >= 0.3 is 0 Å².